The van der Waals surface area contributed by atoms with Crippen LogP contribution in [0.1, 0.15) is 11.1 Å². The molecule has 0 aromatic heterocycles. The Bertz CT molecular complexity index is 1370. The molecule has 0 aliphatic heterocycles. The van der Waals surface area contributed by atoms with E-state index >= 15 is 0 Å². The summed E-state index contributed by atoms with van der Waals surface area (Å²) >= 11 is 18.7. The fraction of sp³-hybridized carbons (Fsp3) is 0.231. The monoisotopic (exact) mass is 581 g/mol. The number of carbonyl (C=O) groups is 2. The molecule has 11 heteroatoms. The average Bonchev–Trinajstić information content (AvgIpc) is 2.85. The van der Waals surface area contributed by atoms with Gasteiger partial charge in [0, 0.05) is 30.1 Å². The Kier molecular flexibility index (Phi) is 9.84. The van der Waals surface area contributed by atoms with Crippen LogP contribution in [0.5, 0.6) is 0 Å². The number of benzene rings is 3. The molecule has 0 heterocycles. The summed E-state index contributed by atoms with van der Waals surface area (Å²) in [5, 5.41) is 3.51. The van der Waals surface area contributed by atoms with Crippen molar-refractivity contribution in [3.63, 3.8) is 0 Å². The zero-order chi connectivity index (χ0) is 27.2. The van der Waals surface area contributed by atoms with Crippen LogP contribution in [0.4, 0.5) is 5.69 Å². The maximum atomic E-state index is 13.8. The van der Waals surface area contributed by atoms with Crippen LogP contribution in [0.15, 0.2) is 72.8 Å². The Balaban J connectivity index is 2.06. The van der Waals surface area contributed by atoms with Crippen LogP contribution in [-0.2, 0) is 32.6 Å². The minimum Gasteiger partial charge on any atom is -0.357 e. The van der Waals surface area contributed by atoms with Crippen molar-refractivity contribution in [1.82, 2.24) is 10.2 Å². The number of para-hydroxylation sites is 1. The number of hydrogen-bond acceptors (Lipinski definition) is 4. The highest BCUT2D eigenvalue weighted by atomic mass is 35.5. The molecule has 0 bridgehead atoms. The second kappa shape index (κ2) is 12.6. The Morgan fingerprint density at radius 3 is 2.16 bits per heavy atom. The zero-order valence-electron chi connectivity index (χ0n) is 20.2. The molecule has 0 aliphatic carbocycles. The third-order valence-electron chi connectivity index (χ3n) is 5.67. The predicted molar refractivity (Wildman–Crippen MR) is 149 cm³/mol. The third-order valence-corrected chi connectivity index (χ3v) is 7.71. The van der Waals surface area contributed by atoms with E-state index in [-0.39, 0.29) is 23.7 Å². The van der Waals surface area contributed by atoms with Gasteiger partial charge in [-0.05, 0) is 35.4 Å². The van der Waals surface area contributed by atoms with Gasteiger partial charge in [-0.15, -0.1) is 0 Å². The molecule has 1 N–H and O–H groups in total. The van der Waals surface area contributed by atoms with Crippen LogP contribution in [0.25, 0.3) is 0 Å². The predicted octanol–water partition coefficient (Wildman–Crippen LogP) is 4.80. The number of nitrogens with zero attached hydrogens (tertiary/aromatic N) is 2. The fourth-order valence-corrected chi connectivity index (χ4v) is 5.42. The van der Waals surface area contributed by atoms with E-state index in [2.05, 4.69) is 5.32 Å². The SMILES string of the molecule is CNC(=O)C(Cc1ccccc1)N(Cc1ccc(Cl)cc1Cl)C(=O)CN(c1ccccc1Cl)S(C)(=O)=O. The molecule has 37 heavy (non-hydrogen) atoms. The van der Waals surface area contributed by atoms with Crippen LogP contribution >= 0.6 is 34.8 Å². The van der Waals surface area contributed by atoms with Crippen LogP contribution in [0.2, 0.25) is 15.1 Å². The topological polar surface area (TPSA) is 86.8 Å². The Labute approximate surface area is 232 Å². The lowest BCUT2D eigenvalue weighted by atomic mass is 10.0. The fourth-order valence-electron chi connectivity index (χ4n) is 3.80. The summed E-state index contributed by atoms with van der Waals surface area (Å²) in [5.41, 5.74) is 1.52. The number of carbonyl (C=O) groups excluding carboxylic acids is 2. The molecule has 2 amide bonds. The van der Waals surface area contributed by atoms with Gasteiger partial charge < -0.3 is 10.2 Å². The van der Waals surface area contributed by atoms with Crippen LogP contribution in [0.3, 0.4) is 0 Å². The highest BCUT2D eigenvalue weighted by molar-refractivity contribution is 7.92. The van der Waals surface area contributed by atoms with Crippen molar-refractivity contribution in [2.45, 2.75) is 19.0 Å². The normalized spacial score (nSPS) is 12.0. The molecule has 0 spiro atoms. The summed E-state index contributed by atoms with van der Waals surface area (Å²) in [7, 11) is -2.43. The average molecular weight is 583 g/mol. The van der Waals surface area contributed by atoms with Gasteiger partial charge >= 0.3 is 0 Å². The second-order valence-corrected chi connectivity index (χ2v) is 11.5. The maximum Gasteiger partial charge on any atom is 0.244 e. The molecule has 0 aliphatic rings. The van der Waals surface area contributed by atoms with Gasteiger partial charge in [0.1, 0.15) is 12.6 Å². The van der Waals surface area contributed by atoms with E-state index < -0.39 is 34.4 Å². The van der Waals surface area contributed by atoms with Crippen molar-refractivity contribution < 1.29 is 18.0 Å². The number of sulfonamides is 1. The van der Waals surface area contributed by atoms with Gasteiger partial charge in [0.05, 0.1) is 17.0 Å². The standard InChI is InChI=1S/C26H26Cl3N3O4S/c1-30-26(34)24(14-18-8-4-3-5-9-18)31(16-19-12-13-20(27)15-22(19)29)25(33)17-32(37(2,35)36)23-11-7-6-10-21(23)28/h3-13,15,24H,14,16-17H2,1-2H3,(H,30,34). The van der Waals surface area contributed by atoms with Gasteiger partial charge in [-0.2, -0.15) is 0 Å². The van der Waals surface area contributed by atoms with Crippen LogP contribution in [-0.4, -0.2) is 51.0 Å². The Morgan fingerprint density at radius 2 is 1.57 bits per heavy atom. The van der Waals surface area contributed by atoms with Gasteiger partial charge in [-0.25, -0.2) is 8.42 Å². The number of hydrogen-bond donors (Lipinski definition) is 1. The first-order valence-electron chi connectivity index (χ1n) is 11.2. The smallest absolute Gasteiger partial charge is 0.244 e. The summed E-state index contributed by atoms with van der Waals surface area (Å²) in [6.07, 6.45) is 1.19. The third kappa shape index (κ3) is 7.61. The lowest BCUT2D eigenvalue weighted by Gasteiger charge is -2.33. The molecule has 0 fully saturated rings. The van der Waals surface area contributed by atoms with E-state index in [1.165, 1.54) is 24.1 Å². The van der Waals surface area contributed by atoms with Gasteiger partial charge in [0.15, 0.2) is 0 Å². The second-order valence-electron chi connectivity index (χ2n) is 8.30. The molecule has 3 rings (SSSR count). The molecule has 0 saturated heterocycles. The van der Waals surface area contributed by atoms with E-state index in [4.69, 9.17) is 34.8 Å². The molecule has 1 atom stereocenters. The number of amides is 2. The van der Waals surface area contributed by atoms with E-state index in [1.807, 2.05) is 30.3 Å². The Hall–Kier alpha value is -2.78. The minimum atomic E-state index is -3.91. The summed E-state index contributed by atoms with van der Waals surface area (Å²) in [6.45, 7) is -0.629. The maximum absolute atomic E-state index is 13.8. The highest BCUT2D eigenvalue weighted by Crippen LogP contribution is 2.28. The first-order chi connectivity index (χ1) is 17.5. The highest BCUT2D eigenvalue weighted by Gasteiger charge is 2.33. The van der Waals surface area contributed by atoms with E-state index in [9.17, 15) is 18.0 Å². The summed E-state index contributed by atoms with van der Waals surface area (Å²) in [4.78, 5) is 28.3. The largest absolute Gasteiger partial charge is 0.357 e. The van der Waals surface area contributed by atoms with E-state index in [1.54, 1.807) is 30.3 Å². The quantitative estimate of drug-likeness (QED) is 0.372. The number of likely N-dealkylation sites (N-methyl/N-ethyl adjacent to an activating group) is 1. The van der Waals surface area contributed by atoms with Gasteiger partial charge in [0.25, 0.3) is 0 Å². The lowest BCUT2D eigenvalue weighted by molar-refractivity contribution is -0.139. The van der Waals surface area contributed by atoms with E-state index in [0.29, 0.717) is 15.6 Å². The molecular formula is C26H26Cl3N3O4S. The molecule has 0 radical (unpaired) electrons. The molecule has 3 aromatic carbocycles. The van der Waals surface area contributed by atoms with Crippen molar-refractivity contribution in [3.05, 3.63) is 99.0 Å². The molecular weight excluding hydrogens is 557 g/mol. The van der Waals surface area contributed by atoms with Gasteiger partial charge in [-0.1, -0.05) is 83.3 Å². The van der Waals surface area contributed by atoms with Crippen molar-refractivity contribution in [1.29, 1.82) is 0 Å². The molecule has 196 valence electrons. The van der Waals surface area contributed by atoms with Crippen LogP contribution in [0, 0.1) is 0 Å². The van der Waals surface area contributed by atoms with Crippen LogP contribution < -0.4 is 9.62 Å². The molecule has 1 unspecified atom stereocenters. The van der Waals surface area contributed by atoms with Gasteiger partial charge in [0.2, 0.25) is 21.8 Å². The van der Waals surface area contributed by atoms with Crippen molar-refractivity contribution in [2.24, 2.45) is 0 Å². The van der Waals surface area contributed by atoms with Gasteiger partial charge in [-0.3, -0.25) is 13.9 Å². The van der Waals surface area contributed by atoms with Crippen molar-refractivity contribution in [3.8, 4) is 0 Å². The molecule has 3 aromatic rings. The zero-order valence-corrected chi connectivity index (χ0v) is 23.3. The lowest BCUT2D eigenvalue weighted by Crippen LogP contribution is -2.53. The Morgan fingerprint density at radius 1 is 0.919 bits per heavy atom. The minimum absolute atomic E-state index is 0.0557. The summed E-state index contributed by atoms with van der Waals surface area (Å²) in [5.74, 6) is -1.02. The number of anilines is 1. The molecule has 7 nitrogen and oxygen atoms in total. The first-order valence-corrected chi connectivity index (χ1v) is 14.2. The van der Waals surface area contributed by atoms with Crippen molar-refractivity contribution >= 4 is 62.3 Å². The molecule has 0 saturated carbocycles. The first kappa shape index (κ1) is 28.8. The number of nitrogens with one attached hydrogen (secondary N) is 1. The number of rotatable bonds is 10. The number of halogens is 3. The van der Waals surface area contributed by atoms with Crippen molar-refractivity contribution in [2.75, 3.05) is 24.2 Å². The summed E-state index contributed by atoms with van der Waals surface area (Å²) < 4.78 is 26.4. The summed E-state index contributed by atoms with van der Waals surface area (Å²) in [6, 6.07) is 19.4. The van der Waals surface area contributed by atoms with E-state index in [0.717, 1.165) is 16.1 Å².